The number of aryl methyl sites for hydroxylation is 1. The first kappa shape index (κ1) is 17.5. The number of piperidine rings is 1. The lowest BCUT2D eigenvalue weighted by atomic mass is 9.90. The SMILES string of the molecule is Cn1ccnc1[C@@H](O)C1CCN(C(=O)c2cccc(-n3cccn3)c2)CC1. The van der Waals surface area contributed by atoms with E-state index in [1.807, 2.05) is 59.2 Å². The molecule has 1 fully saturated rings. The van der Waals surface area contributed by atoms with Crippen molar-refractivity contribution in [3.05, 3.63) is 66.5 Å². The molecule has 7 nitrogen and oxygen atoms in total. The number of aliphatic hydroxyl groups is 1. The van der Waals surface area contributed by atoms with Crippen molar-refractivity contribution in [3.63, 3.8) is 0 Å². The number of nitrogens with zero attached hydrogens (tertiary/aromatic N) is 5. The van der Waals surface area contributed by atoms with Gasteiger partial charge in [-0.1, -0.05) is 6.07 Å². The number of aliphatic hydroxyl groups excluding tert-OH is 1. The monoisotopic (exact) mass is 365 g/mol. The van der Waals surface area contributed by atoms with Crippen LogP contribution in [0.25, 0.3) is 5.69 Å². The molecule has 0 aliphatic carbocycles. The molecule has 1 aromatic carbocycles. The normalized spacial score (nSPS) is 16.4. The predicted molar refractivity (Wildman–Crippen MR) is 100 cm³/mol. The standard InChI is InChI=1S/C20H23N5O2/c1-23-13-9-21-19(23)18(26)15-6-11-24(12-7-15)20(27)16-4-2-5-17(14-16)25-10-3-8-22-25/h2-5,8-10,13-15,18,26H,6-7,11-12H2,1H3/t18-/m0/s1. The molecule has 1 amide bonds. The van der Waals surface area contributed by atoms with Crippen LogP contribution in [0, 0.1) is 5.92 Å². The van der Waals surface area contributed by atoms with Crippen molar-refractivity contribution < 1.29 is 9.90 Å². The number of likely N-dealkylation sites (tertiary alicyclic amines) is 1. The number of hydrogen-bond acceptors (Lipinski definition) is 4. The molecular formula is C20H23N5O2. The Bertz CT molecular complexity index is 910. The van der Waals surface area contributed by atoms with E-state index in [-0.39, 0.29) is 11.8 Å². The number of aromatic nitrogens is 4. The predicted octanol–water partition coefficient (Wildman–Crippen LogP) is 2.19. The van der Waals surface area contributed by atoms with Gasteiger partial charge in [-0.05, 0) is 43.0 Å². The van der Waals surface area contributed by atoms with Crippen LogP contribution in [-0.4, -0.2) is 48.3 Å². The number of benzene rings is 1. The van der Waals surface area contributed by atoms with Gasteiger partial charge in [0.15, 0.2) is 0 Å². The van der Waals surface area contributed by atoms with Gasteiger partial charge in [0.05, 0.1) is 5.69 Å². The van der Waals surface area contributed by atoms with Crippen LogP contribution in [0.15, 0.2) is 55.1 Å². The minimum atomic E-state index is -0.592. The average Bonchev–Trinajstić information content (AvgIpc) is 3.39. The van der Waals surface area contributed by atoms with Gasteiger partial charge in [0, 0.05) is 50.5 Å². The molecule has 0 spiro atoms. The molecule has 1 saturated heterocycles. The summed E-state index contributed by atoms with van der Waals surface area (Å²) in [6.45, 7) is 1.27. The number of rotatable bonds is 4. The Morgan fingerprint density at radius 3 is 2.67 bits per heavy atom. The lowest BCUT2D eigenvalue weighted by Crippen LogP contribution is -2.40. The largest absolute Gasteiger partial charge is 0.385 e. The number of carbonyl (C=O) groups excluding carboxylic acids is 1. The summed E-state index contributed by atoms with van der Waals surface area (Å²) in [5.74, 6) is 0.825. The zero-order chi connectivity index (χ0) is 18.8. The summed E-state index contributed by atoms with van der Waals surface area (Å²) in [5, 5.41) is 14.8. The Kier molecular flexibility index (Phi) is 4.77. The second-order valence-electron chi connectivity index (χ2n) is 6.97. The van der Waals surface area contributed by atoms with Crippen LogP contribution in [-0.2, 0) is 7.05 Å². The topological polar surface area (TPSA) is 76.2 Å². The molecule has 0 saturated carbocycles. The van der Waals surface area contributed by atoms with Crippen LogP contribution in [0.5, 0.6) is 0 Å². The van der Waals surface area contributed by atoms with Gasteiger partial charge in [0.25, 0.3) is 5.91 Å². The van der Waals surface area contributed by atoms with Gasteiger partial charge in [-0.3, -0.25) is 4.79 Å². The molecule has 3 heterocycles. The third-order valence-electron chi connectivity index (χ3n) is 5.26. The van der Waals surface area contributed by atoms with Crippen LogP contribution >= 0.6 is 0 Å². The van der Waals surface area contributed by atoms with Crippen molar-refractivity contribution in [1.29, 1.82) is 0 Å². The quantitative estimate of drug-likeness (QED) is 0.769. The fourth-order valence-electron chi connectivity index (χ4n) is 3.68. The van der Waals surface area contributed by atoms with Crippen LogP contribution in [0.3, 0.4) is 0 Å². The fraction of sp³-hybridized carbons (Fsp3) is 0.350. The maximum atomic E-state index is 12.9. The minimum absolute atomic E-state index is 0.0222. The van der Waals surface area contributed by atoms with Gasteiger partial charge in [-0.2, -0.15) is 5.10 Å². The Hall–Kier alpha value is -2.93. The second-order valence-corrected chi connectivity index (χ2v) is 6.97. The molecule has 27 heavy (non-hydrogen) atoms. The molecule has 1 aliphatic heterocycles. The first-order valence-electron chi connectivity index (χ1n) is 9.18. The zero-order valence-corrected chi connectivity index (χ0v) is 15.3. The Balaban J connectivity index is 1.42. The Labute approximate surface area is 157 Å². The van der Waals surface area contributed by atoms with E-state index >= 15 is 0 Å². The molecule has 4 rings (SSSR count). The molecule has 1 N–H and O–H groups in total. The van der Waals surface area contributed by atoms with Crippen LogP contribution in [0.1, 0.15) is 35.1 Å². The third kappa shape index (κ3) is 3.50. The smallest absolute Gasteiger partial charge is 0.253 e. The van der Waals surface area contributed by atoms with Gasteiger partial charge >= 0.3 is 0 Å². The number of hydrogen-bond donors (Lipinski definition) is 1. The van der Waals surface area contributed by atoms with E-state index in [0.717, 1.165) is 18.5 Å². The van der Waals surface area contributed by atoms with Gasteiger partial charge in [-0.15, -0.1) is 0 Å². The molecule has 1 atom stereocenters. The van der Waals surface area contributed by atoms with Crippen molar-refractivity contribution in [2.45, 2.75) is 18.9 Å². The van der Waals surface area contributed by atoms with Crippen molar-refractivity contribution in [1.82, 2.24) is 24.2 Å². The highest BCUT2D eigenvalue weighted by Crippen LogP contribution is 2.30. The van der Waals surface area contributed by atoms with Crippen molar-refractivity contribution in [2.75, 3.05) is 13.1 Å². The molecular weight excluding hydrogens is 342 g/mol. The molecule has 0 unspecified atom stereocenters. The van der Waals surface area contributed by atoms with Crippen molar-refractivity contribution in [3.8, 4) is 5.69 Å². The maximum absolute atomic E-state index is 12.9. The lowest BCUT2D eigenvalue weighted by molar-refractivity contribution is 0.0420. The molecule has 0 bridgehead atoms. The third-order valence-corrected chi connectivity index (χ3v) is 5.26. The zero-order valence-electron chi connectivity index (χ0n) is 15.3. The van der Waals surface area contributed by atoms with E-state index in [4.69, 9.17) is 0 Å². The van der Waals surface area contributed by atoms with Crippen molar-refractivity contribution >= 4 is 5.91 Å². The molecule has 3 aromatic rings. The maximum Gasteiger partial charge on any atom is 0.253 e. The van der Waals surface area contributed by atoms with E-state index in [9.17, 15) is 9.90 Å². The van der Waals surface area contributed by atoms with E-state index in [1.165, 1.54) is 0 Å². The van der Waals surface area contributed by atoms with Gasteiger partial charge in [-0.25, -0.2) is 9.67 Å². The summed E-state index contributed by atoms with van der Waals surface area (Å²) < 4.78 is 3.59. The summed E-state index contributed by atoms with van der Waals surface area (Å²) in [6, 6.07) is 9.36. The van der Waals surface area contributed by atoms with Crippen molar-refractivity contribution in [2.24, 2.45) is 13.0 Å². The van der Waals surface area contributed by atoms with Gasteiger partial charge in [0.1, 0.15) is 11.9 Å². The highest BCUT2D eigenvalue weighted by atomic mass is 16.3. The number of carbonyl (C=O) groups is 1. The number of amides is 1. The van der Waals surface area contributed by atoms with E-state index < -0.39 is 6.10 Å². The molecule has 7 heteroatoms. The summed E-state index contributed by atoms with van der Waals surface area (Å²) in [4.78, 5) is 19.0. The number of imidazole rings is 1. The summed E-state index contributed by atoms with van der Waals surface area (Å²) in [6.07, 6.45) is 8.04. The van der Waals surface area contributed by atoms with Gasteiger partial charge < -0.3 is 14.6 Å². The first-order chi connectivity index (χ1) is 13.1. The average molecular weight is 365 g/mol. The van der Waals surface area contributed by atoms with Crippen LogP contribution in [0.4, 0.5) is 0 Å². The highest BCUT2D eigenvalue weighted by molar-refractivity contribution is 5.94. The Morgan fingerprint density at radius 1 is 1.19 bits per heavy atom. The molecule has 0 radical (unpaired) electrons. The van der Waals surface area contributed by atoms with E-state index in [1.54, 1.807) is 17.1 Å². The molecule has 2 aromatic heterocycles. The molecule has 1 aliphatic rings. The highest BCUT2D eigenvalue weighted by Gasteiger charge is 2.30. The van der Waals surface area contributed by atoms with Crippen LogP contribution < -0.4 is 0 Å². The minimum Gasteiger partial charge on any atom is -0.385 e. The Morgan fingerprint density at radius 2 is 2.00 bits per heavy atom. The molecule has 140 valence electrons. The summed E-state index contributed by atoms with van der Waals surface area (Å²) in [5.41, 5.74) is 1.53. The van der Waals surface area contributed by atoms with Crippen LogP contribution in [0.2, 0.25) is 0 Å². The summed E-state index contributed by atoms with van der Waals surface area (Å²) in [7, 11) is 1.89. The first-order valence-corrected chi connectivity index (χ1v) is 9.18. The van der Waals surface area contributed by atoms with Gasteiger partial charge in [0.2, 0.25) is 0 Å². The lowest BCUT2D eigenvalue weighted by Gasteiger charge is -2.34. The fourth-order valence-corrected chi connectivity index (χ4v) is 3.68. The summed E-state index contributed by atoms with van der Waals surface area (Å²) >= 11 is 0. The second kappa shape index (κ2) is 7.36. The van der Waals surface area contributed by atoms with E-state index in [0.29, 0.717) is 24.5 Å². The van der Waals surface area contributed by atoms with E-state index in [2.05, 4.69) is 10.1 Å².